The van der Waals surface area contributed by atoms with E-state index in [4.69, 9.17) is 5.11 Å². The van der Waals surface area contributed by atoms with Gasteiger partial charge in [0.15, 0.2) is 0 Å². The van der Waals surface area contributed by atoms with Crippen LogP contribution in [0.2, 0.25) is 0 Å². The van der Waals surface area contributed by atoms with E-state index in [0.29, 0.717) is 18.0 Å². The molecule has 4 heteroatoms. The highest BCUT2D eigenvalue weighted by Crippen LogP contribution is 2.37. The van der Waals surface area contributed by atoms with E-state index in [9.17, 15) is 4.79 Å². The molecule has 3 nitrogen and oxygen atoms in total. The van der Waals surface area contributed by atoms with Gasteiger partial charge in [0.25, 0.3) is 0 Å². The monoisotopic (exact) mass is 281 g/mol. The van der Waals surface area contributed by atoms with Crippen LogP contribution in [0, 0.1) is 11.8 Å². The van der Waals surface area contributed by atoms with Crippen molar-refractivity contribution < 1.29 is 9.90 Å². The maximum Gasteiger partial charge on any atom is 0.306 e. The molecule has 1 aliphatic rings. The fraction of sp³-hybridized carbons (Fsp3) is 0.667. The molecule has 2 heterocycles. The Morgan fingerprint density at radius 1 is 1.53 bits per heavy atom. The van der Waals surface area contributed by atoms with Gasteiger partial charge in [-0.25, -0.2) is 0 Å². The number of likely N-dealkylation sites (tertiary alicyclic amines) is 1. The summed E-state index contributed by atoms with van der Waals surface area (Å²) < 4.78 is 0. The first-order valence-corrected chi connectivity index (χ1v) is 7.90. The number of piperidine rings is 1. The molecular formula is C15H23NO2S. The van der Waals surface area contributed by atoms with Crippen molar-refractivity contribution in [2.45, 2.75) is 45.7 Å². The number of carboxylic acids is 1. The second-order valence-electron chi connectivity index (χ2n) is 5.85. The van der Waals surface area contributed by atoms with E-state index < -0.39 is 5.97 Å². The van der Waals surface area contributed by atoms with Gasteiger partial charge in [-0.05, 0) is 43.7 Å². The predicted molar refractivity (Wildman–Crippen MR) is 78.4 cm³/mol. The van der Waals surface area contributed by atoms with Gasteiger partial charge in [0, 0.05) is 17.0 Å². The van der Waals surface area contributed by atoms with Crippen LogP contribution in [-0.2, 0) is 4.79 Å². The van der Waals surface area contributed by atoms with Crippen molar-refractivity contribution >= 4 is 17.3 Å². The van der Waals surface area contributed by atoms with Crippen molar-refractivity contribution in [1.29, 1.82) is 0 Å². The molecule has 0 aromatic carbocycles. The zero-order valence-corrected chi connectivity index (χ0v) is 12.7. The third kappa shape index (κ3) is 3.18. The summed E-state index contributed by atoms with van der Waals surface area (Å²) in [6, 6.07) is 5.06. The zero-order valence-electron chi connectivity index (χ0n) is 11.9. The Bertz CT molecular complexity index is 416. The van der Waals surface area contributed by atoms with Crippen molar-refractivity contribution in [1.82, 2.24) is 4.90 Å². The molecule has 1 aromatic rings. The molecular weight excluding hydrogens is 258 g/mol. The lowest BCUT2D eigenvalue weighted by Crippen LogP contribution is -2.45. The number of hydrogen-bond acceptors (Lipinski definition) is 3. The third-order valence-corrected chi connectivity index (χ3v) is 5.04. The van der Waals surface area contributed by atoms with Gasteiger partial charge in [-0.2, -0.15) is 0 Å². The van der Waals surface area contributed by atoms with Crippen molar-refractivity contribution in [3.05, 3.63) is 22.4 Å². The summed E-state index contributed by atoms with van der Waals surface area (Å²) in [4.78, 5) is 15.0. The normalized spacial score (nSPS) is 26.5. The maximum absolute atomic E-state index is 11.1. The lowest BCUT2D eigenvalue weighted by atomic mass is 9.88. The lowest BCUT2D eigenvalue weighted by Gasteiger charge is -2.43. The van der Waals surface area contributed by atoms with E-state index in [-0.39, 0.29) is 5.92 Å². The standard InChI is InChI=1S/C15H23NO2S/c1-10(2)14(13-5-4-8-19-13)16-7-6-12(15(17)18)9-11(16)3/h4-5,8,10-12,14H,6-7,9H2,1-3H3,(H,17,18). The average molecular weight is 281 g/mol. The fourth-order valence-corrected chi connectivity index (χ4v) is 4.18. The first kappa shape index (κ1) is 14.5. The Morgan fingerprint density at radius 3 is 2.74 bits per heavy atom. The summed E-state index contributed by atoms with van der Waals surface area (Å²) in [6.45, 7) is 7.55. The van der Waals surface area contributed by atoms with Gasteiger partial charge in [-0.15, -0.1) is 11.3 Å². The number of carboxylic acid groups (broad SMARTS) is 1. The zero-order chi connectivity index (χ0) is 14.0. The summed E-state index contributed by atoms with van der Waals surface area (Å²) in [5, 5.41) is 11.3. The smallest absolute Gasteiger partial charge is 0.306 e. The Balaban J connectivity index is 2.14. The van der Waals surface area contributed by atoms with Crippen LogP contribution in [0.15, 0.2) is 17.5 Å². The molecule has 1 fully saturated rings. The molecule has 0 amide bonds. The molecule has 3 atom stereocenters. The second-order valence-corrected chi connectivity index (χ2v) is 6.83. The third-order valence-electron chi connectivity index (χ3n) is 4.10. The first-order valence-electron chi connectivity index (χ1n) is 7.02. The Morgan fingerprint density at radius 2 is 2.26 bits per heavy atom. The predicted octanol–water partition coefficient (Wildman–Crippen LogP) is 3.63. The molecule has 0 bridgehead atoms. The summed E-state index contributed by atoms with van der Waals surface area (Å²) in [5.74, 6) is -0.256. The molecule has 19 heavy (non-hydrogen) atoms. The summed E-state index contributed by atoms with van der Waals surface area (Å²) in [5.41, 5.74) is 0. The molecule has 2 rings (SSSR count). The quantitative estimate of drug-likeness (QED) is 0.916. The minimum Gasteiger partial charge on any atom is -0.481 e. The van der Waals surface area contributed by atoms with Crippen molar-refractivity contribution in [2.24, 2.45) is 11.8 Å². The fourth-order valence-electron chi connectivity index (χ4n) is 3.16. The summed E-state index contributed by atoms with van der Waals surface area (Å²) in [6.07, 6.45) is 1.54. The molecule has 0 radical (unpaired) electrons. The molecule has 1 N–H and O–H groups in total. The molecule has 106 valence electrons. The van der Waals surface area contributed by atoms with Gasteiger partial charge < -0.3 is 5.11 Å². The molecule has 0 saturated carbocycles. The first-order chi connectivity index (χ1) is 9.00. The van der Waals surface area contributed by atoms with E-state index in [2.05, 4.69) is 43.2 Å². The maximum atomic E-state index is 11.1. The van der Waals surface area contributed by atoms with Crippen molar-refractivity contribution in [2.75, 3.05) is 6.54 Å². The second kappa shape index (κ2) is 6.06. The largest absolute Gasteiger partial charge is 0.481 e. The van der Waals surface area contributed by atoms with Gasteiger partial charge in [-0.1, -0.05) is 19.9 Å². The highest BCUT2D eigenvalue weighted by atomic mass is 32.1. The van der Waals surface area contributed by atoms with E-state index >= 15 is 0 Å². The number of carbonyl (C=O) groups is 1. The van der Waals surface area contributed by atoms with Gasteiger partial charge in [0.05, 0.1) is 5.92 Å². The average Bonchev–Trinajstić information content (AvgIpc) is 2.84. The van der Waals surface area contributed by atoms with Crippen LogP contribution in [0.4, 0.5) is 0 Å². The Labute approximate surface area is 119 Å². The van der Waals surface area contributed by atoms with Crippen LogP contribution in [0.25, 0.3) is 0 Å². The van der Waals surface area contributed by atoms with Gasteiger partial charge in [0.2, 0.25) is 0 Å². The van der Waals surface area contributed by atoms with Gasteiger partial charge >= 0.3 is 5.97 Å². The molecule has 3 unspecified atom stereocenters. The van der Waals surface area contributed by atoms with Gasteiger partial charge in [-0.3, -0.25) is 9.69 Å². The lowest BCUT2D eigenvalue weighted by molar-refractivity contribution is -0.144. The summed E-state index contributed by atoms with van der Waals surface area (Å²) in [7, 11) is 0. The van der Waals surface area contributed by atoms with E-state index in [1.807, 2.05) is 0 Å². The SMILES string of the molecule is CC(C)C(c1cccs1)N1CCC(C(=O)O)CC1C. The molecule has 0 spiro atoms. The van der Waals surface area contributed by atoms with E-state index in [1.165, 1.54) is 4.88 Å². The molecule has 1 aliphatic heterocycles. The summed E-state index contributed by atoms with van der Waals surface area (Å²) >= 11 is 1.80. The van der Waals surface area contributed by atoms with E-state index in [1.54, 1.807) is 11.3 Å². The number of aliphatic carboxylic acids is 1. The van der Waals surface area contributed by atoms with E-state index in [0.717, 1.165) is 19.4 Å². The van der Waals surface area contributed by atoms with Gasteiger partial charge in [0.1, 0.15) is 0 Å². The van der Waals surface area contributed by atoms with Crippen LogP contribution in [0.5, 0.6) is 0 Å². The topological polar surface area (TPSA) is 40.5 Å². The van der Waals surface area contributed by atoms with Crippen LogP contribution in [0.3, 0.4) is 0 Å². The number of thiophene rings is 1. The van der Waals surface area contributed by atoms with Crippen molar-refractivity contribution in [3.8, 4) is 0 Å². The highest BCUT2D eigenvalue weighted by molar-refractivity contribution is 7.10. The minimum atomic E-state index is -0.635. The Kier molecular flexibility index (Phi) is 4.63. The number of nitrogens with zero attached hydrogens (tertiary/aromatic N) is 1. The molecule has 0 aliphatic carbocycles. The van der Waals surface area contributed by atoms with Crippen LogP contribution >= 0.6 is 11.3 Å². The number of hydrogen-bond donors (Lipinski definition) is 1. The van der Waals surface area contributed by atoms with Crippen LogP contribution in [0.1, 0.15) is 44.5 Å². The van der Waals surface area contributed by atoms with Crippen molar-refractivity contribution in [3.63, 3.8) is 0 Å². The minimum absolute atomic E-state index is 0.164. The van der Waals surface area contributed by atoms with Crippen LogP contribution in [-0.4, -0.2) is 28.6 Å². The van der Waals surface area contributed by atoms with Crippen LogP contribution < -0.4 is 0 Å². The molecule has 1 saturated heterocycles. The number of rotatable bonds is 4. The Hall–Kier alpha value is -0.870. The molecule has 1 aromatic heterocycles. The highest BCUT2D eigenvalue weighted by Gasteiger charge is 2.35.